The maximum Gasteiger partial charge on any atom is 0.251 e. The molecule has 0 bridgehead atoms. The zero-order valence-electron chi connectivity index (χ0n) is 11.7. The van der Waals surface area contributed by atoms with Crippen LogP contribution in [0.3, 0.4) is 0 Å². The van der Waals surface area contributed by atoms with Gasteiger partial charge in [0.1, 0.15) is 0 Å². The smallest absolute Gasteiger partial charge is 0.251 e. The Morgan fingerprint density at radius 1 is 1.30 bits per heavy atom. The van der Waals surface area contributed by atoms with Crippen LogP contribution >= 0.6 is 0 Å². The number of amides is 2. The summed E-state index contributed by atoms with van der Waals surface area (Å²) in [5.74, 6) is 0.392. The maximum atomic E-state index is 12.1. The molecule has 0 heterocycles. The first-order valence-electron chi connectivity index (χ1n) is 6.94. The molecule has 0 saturated heterocycles. The van der Waals surface area contributed by atoms with Crippen LogP contribution in [0.25, 0.3) is 0 Å². The minimum Gasteiger partial charge on any atom is -0.352 e. The van der Waals surface area contributed by atoms with Crippen molar-refractivity contribution in [2.75, 3.05) is 6.54 Å². The number of hydrogen-bond donors (Lipinski definition) is 3. The van der Waals surface area contributed by atoms with E-state index in [0.717, 1.165) is 18.4 Å². The minimum absolute atomic E-state index is 0.0676. The molecule has 0 aliphatic heterocycles. The van der Waals surface area contributed by atoms with E-state index >= 15 is 0 Å². The summed E-state index contributed by atoms with van der Waals surface area (Å²) in [5, 5.41) is 5.70. The van der Waals surface area contributed by atoms with Crippen LogP contribution in [0, 0.1) is 5.92 Å². The highest BCUT2D eigenvalue weighted by atomic mass is 16.2. The Labute approximate surface area is 118 Å². The van der Waals surface area contributed by atoms with Crippen LogP contribution < -0.4 is 16.4 Å². The lowest BCUT2D eigenvalue weighted by Gasteiger charge is -2.16. The van der Waals surface area contributed by atoms with Gasteiger partial charge in [-0.15, -0.1) is 0 Å². The second-order valence-electron chi connectivity index (χ2n) is 5.26. The fraction of sp³-hybridized carbons (Fsp3) is 0.467. The van der Waals surface area contributed by atoms with Crippen LogP contribution in [0.5, 0.6) is 0 Å². The Hall–Kier alpha value is -1.88. The monoisotopic (exact) mass is 275 g/mol. The van der Waals surface area contributed by atoms with E-state index in [4.69, 9.17) is 5.73 Å². The number of carbonyl (C=O) groups is 2. The van der Waals surface area contributed by atoms with E-state index < -0.39 is 0 Å². The fourth-order valence-corrected chi connectivity index (χ4v) is 2.12. The highest BCUT2D eigenvalue weighted by Crippen LogP contribution is 2.32. The van der Waals surface area contributed by atoms with Crippen LogP contribution in [-0.2, 0) is 11.3 Å². The van der Waals surface area contributed by atoms with E-state index in [9.17, 15) is 9.59 Å². The Bertz CT molecular complexity index is 480. The van der Waals surface area contributed by atoms with Gasteiger partial charge in [-0.25, -0.2) is 0 Å². The van der Waals surface area contributed by atoms with E-state index in [-0.39, 0.29) is 17.9 Å². The summed E-state index contributed by atoms with van der Waals surface area (Å²) in [6, 6.07) is 7.32. The molecule has 2 rings (SSSR count). The van der Waals surface area contributed by atoms with Crippen molar-refractivity contribution in [2.24, 2.45) is 11.7 Å². The van der Waals surface area contributed by atoms with Gasteiger partial charge in [-0.05, 0) is 36.5 Å². The first-order chi connectivity index (χ1) is 9.60. The SMILES string of the molecule is CC(=O)NCc1ccc(C(=O)NC(CN)C2CC2)cc1. The number of nitrogens with one attached hydrogen (secondary N) is 2. The predicted octanol–water partition coefficient (Wildman–Crippen LogP) is 0.790. The summed E-state index contributed by atoms with van der Waals surface area (Å²) < 4.78 is 0. The molecule has 1 saturated carbocycles. The predicted molar refractivity (Wildman–Crippen MR) is 77.0 cm³/mol. The molecule has 5 nitrogen and oxygen atoms in total. The molecule has 1 atom stereocenters. The van der Waals surface area contributed by atoms with Gasteiger partial charge in [-0.3, -0.25) is 9.59 Å². The van der Waals surface area contributed by atoms with Crippen molar-refractivity contribution < 1.29 is 9.59 Å². The molecular formula is C15H21N3O2. The maximum absolute atomic E-state index is 12.1. The molecule has 0 aromatic heterocycles. The molecule has 4 N–H and O–H groups in total. The number of nitrogens with two attached hydrogens (primary N) is 1. The van der Waals surface area contributed by atoms with Crippen molar-refractivity contribution in [3.63, 3.8) is 0 Å². The molecule has 1 aromatic rings. The first kappa shape index (κ1) is 14.5. The van der Waals surface area contributed by atoms with Crippen molar-refractivity contribution in [2.45, 2.75) is 32.4 Å². The third kappa shape index (κ3) is 4.06. The minimum atomic E-state index is -0.0848. The van der Waals surface area contributed by atoms with Crippen LogP contribution in [0.1, 0.15) is 35.7 Å². The molecule has 0 radical (unpaired) electrons. The van der Waals surface area contributed by atoms with Gasteiger partial charge >= 0.3 is 0 Å². The van der Waals surface area contributed by atoms with Crippen molar-refractivity contribution >= 4 is 11.8 Å². The molecule has 1 aliphatic rings. The third-order valence-electron chi connectivity index (χ3n) is 3.52. The second-order valence-corrected chi connectivity index (χ2v) is 5.26. The topological polar surface area (TPSA) is 84.2 Å². The summed E-state index contributed by atoms with van der Waals surface area (Å²) in [5.41, 5.74) is 7.27. The molecule has 1 fully saturated rings. The van der Waals surface area contributed by atoms with E-state index in [1.54, 1.807) is 12.1 Å². The molecular weight excluding hydrogens is 254 g/mol. The van der Waals surface area contributed by atoms with Gasteiger partial charge < -0.3 is 16.4 Å². The molecule has 1 aliphatic carbocycles. The Kier molecular flexibility index (Phi) is 4.74. The largest absolute Gasteiger partial charge is 0.352 e. The number of benzene rings is 1. The van der Waals surface area contributed by atoms with Gasteiger partial charge in [0.15, 0.2) is 0 Å². The van der Waals surface area contributed by atoms with Gasteiger partial charge in [-0.1, -0.05) is 12.1 Å². The van der Waals surface area contributed by atoms with Crippen LogP contribution in [-0.4, -0.2) is 24.4 Å². The van der Waals surface area contributed by atoms with Crippen molar-refractivity contribution in [3.05, 3.63) is 35.4 Å². The van der Waals surface area contributed by atoms with Gasteiger partial charge in [0.25, 0.3) is 5.91 Å². The molecule has 108 valence electrons. The molecule has 1 unspecified atom stereocenters. The van der Waals surface area contributed by atoms with Gasteiger partial charge in [-0.2, -0.15) is 0 Å². The Morgan fingerprint density at radius 2 is 1.95 bits per heavy atom. The highest BCUT2D eigenvalue weighted by Gasteiger charge is 2.31. The highest BCUT2D eigenvalue weighted by molar-refractivity contribution is 5.94. The summed E-state index contributed by atoms with van der Waals surface area (Å²) in [7, 11) is 0. The van der Waals surface area contributed by atoms with Crippen LogP contribution in [0.2, 0.25) is 0 Å². The number of carbonyl (C=O) groups excluding carboxylic acids is 2. The Balaban J connectivity index is 1.91. The average Bonchev–Trinajstić information content (AvgIpc) is 3.27. The number of rotatable bonds is 6. The van der Waals surface area contributed by atoms with Crippen LogP contribution in [0.4, 0.5) is 0 Å². The quantitative estimate of drug-likeness (QED) is 0.717. The van der Waals surface area contributed by atoms with Gasteiger partial charge in [0.05, 0.1) is 0 Å². The van der Waals surface area contributed by atoms with E-state index in [2.05, 4.69) is 10.6 Å². The standard InChI is InChI=1S/C15H21N3O2/c1-10(19)17-9-11-2-4-13(5-3-11)15(20)18-14(8-16)12-6-7-12/h2-5,12,14H,6-9,16H2,1H3,(H,17,19)(H,18,20). The van der Waals surface area contributed by atoms with E-state index in [0.29, 0.717) is 24.6 Å². The normalized spacial score (nSPS) is 15.5. The summed E-state index contributed by atoms with van der Waals surface area (Å²) in [4.78, 5) is 22.9. The molecule has 2 amide bonds. The first-order valence-corrected chi connectivity index (χ1v) is 6.94. The van der Waals surface area contributed by atoms with Gasteiger partial charge in [0.2, 0.25) is 5.91 Å². The molecule has 20 heavy (non-hydrogen) atoms. The van der Waals surface area contributed by atoms with Crippen molar-refractivity contribution in [3.8, 4) is 0 Å². The molecule has 0 spiro atoms. The Morgan fingerprint density at radius 3 is 2.45 bits per heavy atom. The fourth-order valence-electron chi connectivity index (χ4n) is 2.12. The second kappa shape index (κ2) is 6.52. The van der Waals surface area contributed by atoms with Crippen LogP contribution in [0.15, 0.2) is 24.3 Å². The zero-order valence-corrected chi connectivity index (χ0v) is 11.7. The summed E-state index contributed by atoms with van der Waals surface area (Å²) >= 11 is 0. The third-order valence-corrected chi connectivity index (χ3v) is 3.52. The van der Waals surface area contributed by atoms with E-state index in [1.165, 1.54) is 6.92 Å². The van der Waals surface area contributed by atoms with E-state index in [1.807, 2.05) is 12.1 Å². The van der Waals surface area contributed by atoms with Crippen molar-refractivity contribution in [1.29, 1.82) is 0 Å². The molecule has 1 aromatic carbocycles. The zero-order chi connectivity index (χ0) is 14.5. The lowest BCUT2D eigenvalue weighted by Crippen LogP contribution is -2.41. The lowest BCUT2D eigenvalue weighted by molar-refractivity contribution is -0.119. The average molecular weight is 275 g/mol. The van der Waals surface area contributed by atoms with Gasteiger partial charge in [0, 0.05) is 31.6 Å². The summed E-state index contributed by atoms with van der Waals surface area (Å²) in [6.07, 6.45) is 2.30. The lowest BCUT2D eigenvalue weighted by atomic mass is 10.1. The van der Waals surface area contributed by atoms with Crippen molar-refractivity contribution in [1.82, 2.24) is 10.6 Å². The number of hydrogen-bond acceptors (Lipinski definition) is 3. The molecule has 5 heteroatoms. The summed E-state index contributed by atoms with van der Waals surface area (Å²) in [6.45, 7) is 2.44.